The molecule has 0 aromatic rings. The third-order valence-corrected chi connectivity index (χ3v) is 12.6. The fraction of sp³-hybridized carbons (Fsp3) is 0.979. The molecule has 2 fully saturated rings. The Hall–Kier alpha value is -1.01. The van der Waals surface area contributed by atoms with Crippen LogP contribution in [0.1, 0.15) is 200 Å². The molecule has 2 aliphatic rings. The molecule has 2 heterocycles. The lowest BCUT2D eigenvalue weighted by Crippen LogP contribution is -2.65. The van der Waals surface area contributed by atoms with Gasteiger partial charge in [-0.3, -0.25) is 4.79 Å². The fourth-order valence-corrected chi connectivity index (χ4v) is 8.47. The summed E-state index contributed by atoms with van der Waals surface area (Å²) in [4.78, 5) is 13.1. The van der Waals surface area contributed by atoms with Crippen LogP contribution in [0.2, 0.25) is 0 Å². The van der Waals surface area contributed by atoms with Crippen LogP contribution in [0.5, 0.6) is 0 Å². The van der Waals surface area contributed by atoms with Crippen molar-refractivity contribution in [2.75, 3.05) is 19.8 Å². The van der Waals surface area contributed by atoms with Crippen molar-refractivity contribution in [3.63, 3.8) is 0 Å². The second-order valence-corrected chi connectivity index (χ2v) is 18.0. The molecule has 2 saturated heterocycles. The number of nitrogens with one attached hydrogen (secondary N) is 1. The summed E-state index contributed by atoms with van der Waals surface area (Å²) in [6.07, 6.45) is 16.8. The summed E-state index contributed by atoms with van der Waals surface area (Å²) in [6.45, 7) is 2.84. The quantitative estimate of drug-likeness (QED) is 0.0334. The van der Waals surface area contributed by atoms with Gasteiger partial charge in [0.25, 0.3) is 0 Å². The molecule has 61 heavy (non-hydrogen) atoms. The summed E-state index contributed by atoms with van der Waals surface area (Å²) in [6, 6.07) is -0.819. The van der Waals surface area contributed by atoms with Crippen LogP contribution in [0.25, 0.3) is 0 Å². The first kappa shape index (κ1) is 56.1. The van der Waals surface area contributed by atoms with Gasteiger partial charge in [-0.25, -0.2) is 0 Å². The van der Waals surface area contributed by atoms with Crippen LogP contribution in [-0.2, 0) is 23.7 Å². The van der Waals surface area contributed by atoms with E-state index in [0.717, 1.165) is 51.4 Å². The summed E-state index contributed by atoms with van der Waals surface area (Å²) in [5.41, 5.74) is 0. The molecular formula is C47H91NO13. The molecule has 0 spiro atoms. The summed E-state index contributed by atoms with van der Waals surface area (Å²) in [5.74, 6) is -0.207. The molecule has 9 N–H and O–H groups in total. The monoisotopic (exact) mass is 878 g/mol. The van der Waals surface area contributed by atoms with Crippen molar-refractivity contribution >= 4 is 5.91 Å². The van der Waals surface area contributed by atoms with Gasteiger partial charge in [-0.05, 0) is 12.8 Å². The molecule has 14 heteroatoms. The Labute approximate surface area is 368 Å². The molecule has 362 valence electrons. The zero-order valence-electron chi connectivity index (χ0n) is 38.2. The van der Waals surface area contributed by atoms with Gasteiger partial charge in [0.05, 0.1) is 32.0 Å². The van der Waals surface area contributed by atoms with Gasteiger partial charge in [0.2, 0.25) is 5.91 Å². The molecule has 12 unspecified atom stereocenters. The maximum Gasteiger partial charge on any atom is 0.220 e. The van der Waals surface area contributed by atoms with E-state index >= 15 is 0 Å². The molecule has 14 nitrogen and oxygen atoms in total. The molecule has 0 aliphatic carbocycles. The summed E-state index contributed by atoms with van der Waals surface area (Å²) >= 11 is 0. The van der Waals surface area contributed by atoms with Gasteiger partial charge >= 0.3 is 0 Å². The molecule has 0 aromatic carbocycles. The van der Waals surface area contributed by atoms with Crippen molar-refractivity contribution in [2.45, 2.75) is 274 Å². The van der Waals surface area contributed by atoms with Gasteiger partial charge in [0.1, 0.15) is 48.8 Å². The van der Waals surface area contributed by atoms with E-state index in [2.05, 4.69) is 19.2 Å². The van der Waals surface area contributed by atoms with Gasteiger partial charge in [-0.1, -0.05) is 181 Å². The average molecular weight is 878 g/mol. The smallest absolute Gasteiger partial charge is 0.220 e. The number of rotatable bonds is 38. The Morgan fingerprint density at radius 1 is 0.525 bits per heavy atom. The number of hydrogen-bond acceptors (Lipinski definition) is 13. The number of carbonyl (C=O) groups excluding carboxylic acids is 1. The third kappa shape index (κ3) is 23.1. The van der Waals surface area contributed by atoms with Gasteiger partial charge < -0.3 is 65.1 Å². The highest BCUT2D eigenvalue weighted by Gasteiger charge is 2.51. The second-order valence-electron chi connectivity index (χ2n) is 18.0. The Balaban J connectivity index is 1.83. The number of amides is 1. The van der Waals surface area contributed by atoms with Crippen molar-refractivity contribution in [2.24, 2.45) is 0 Å². The normalized spacial score (nSPS) is 27.9. The Bertz CT molecular complexity index is 1040. The molecule has 1 amide bonds. The maximum absolute atomic E-state index is 13.1. The lowest BCUT2D eigenvalue weighted by atomic mass is 9.97. The van der Waals surface area contributed by atoms with Gasteiger partial charge in [-0.15, -0.1) is 0 Å². The SMILES string of the molecule is CCCCCCCCCCCCCCCCCCCC(O)C(COC1OC(CO)C(OC2OC(CO)C(O)C(O)C2O)C(O)C1O)NC(=O)CCCCCCCCCCCC. The van der Waals surface area contributed by atoms with Crippen LogP contribution in [0, 0.1) is 0 Å². The second kappa shape index (κ2) is 35.3. The number of aliphatic hydroxyl groups excluding tert-OH is 8. The van der Waals surface area contributed by atoms with Crippen LogP contribution >= 0.6 is 0 Å². The largest absolute Gasteiger partial charge is 0.394 e. The van der Waals surface area contributed by atoms with Crippen molar-refractivity contribution in [3.8, 4) is 0 Å². The standard InChI is InChI=1S/C47H91NO13/c1-3-5-7-9-11-13-15-16-17-18-19-20-21-22-24-26-28-30-36(51)35(48-39(52)31-29-27-25-23-14-12-10-8-6-4-2)34-58-46-44(57)42(55)45(38(33-50)60-46)61-47-43(56)41(54)40(53)37(32-49)59-47/h35-38,40-47,49-51,53-57H,3-34H2,1-2H3,(H,48,52). The average Bonchev–Trinajstić information content (AvgIpc) is 3.26. The van der Waals surface area contributed by atoms with E-state index in [1.165, 1.54) is 122 Å². The van der Waals surface area contributed by atoms with E-state index < -0.39 is 86.8 Å². The highest BCUT2D eigenvalue weighted by atomic mass is 16.7. The number of carbonyl (C=O) groups is 1. The minimum absolute atomic E-state index is 0.207. The minimum atomic E-state index is -1.78. The van der Waals surface area contributed by atoms with Gasteiger partial charge in [-0.2, -0.15) is 0 Å². The van der Waals surface area contributed by atoms with Crippen LogP contribution in [0.15, 0.2) is 0 Å². The van der Waals surface area contributed by atoms with Crippen LogP contribution < -0.4 is 5.32 Å². The maximum atomic E-state index is 13.1. The van der Waals surface area contributed by atoms with E-state index in [9.17, 15) is 45.6 Å². The van der Waals surface area contributed by atoms with Gasteiger partial charge in [0.15, 0.2) is 12.6 Å². The van der Waals surface area contributed by atoms with E-state index in [0.29, 0.717) is 12.8 Å². The van der Waals surface area contributed by atoms with Crippen molar-refractivity contribution in [1.29, 1.82) is 0 Å². The predicted molar refractivity (Wildman–Crippen MR) is 236 cm³/mol. The van der Waals surface area contributed by atoms with E-state index in [4.69, 9.17) is 18.9 Å². The highest BCUT2D eigenvalue weighted by molar-refractivity contribution is 5.76. The Morgan fingerprint density at radius 2 is 0.934 bits per heavy atom. The van der Waals surface area contributed by atoms with Crippen LogP contribution in [-0.4, -0.2) is 140 Å². The van der Waals surface area contributed by atoms with Crippen molar-refractivity contribution in [3.05, 3.63) is 0 Å². The van der Waals surface area contributed by atoms with E-state index in [1.54, 1.807) is 0 Å². The van der Waals surface area contributed by atoms with E-state index in [-0.39, 0.29) is 12.5 Å². The lowest BCUT2D eigenvalue weighted by molar-refractivity contribution is -0.359. The molecule has 2 aliphatic heterocycles. The van der Waals surface area contributed by atoms with Crippen LogP contribution in [0.4, 0.5) is 0 Å². The number of hydrogen-bond donors (Lipinski definition) is 9. The first-order chi connectivity index (χ1) is 29.6. The van der Waals surface area contributed by atoms with E-state index in [1.807, 2.05) is 0 Å². The first-order valence-electron chi connectivity index (χ1n) is 24.8. The topological polar surface area (TPSA) is 228 Å². The summed E-state index contributed by atoms with van der Waals surface area (Å²) < 4.78 is 22.7. The first-order valence-corrected chi connectivity index (χ1v) is 24.8. The molecule has 0 saturated carbocycles. The highest BCUT2D eigenvalue weighted by Crippen LogP contribution is 2.30. The third-order valence-electron chi connectivity index (χ3n) is 12.6. The number of unbranched alkanes of at least 4 members (excludes halogenated alkanes) is 25. The summed E-state index contributed by atoms with van der Waals surface area (Å²) in [5, 5.41) is 86.7. The van der Waals surface area contributed by atoms with Crippen molar-refractivity contribution in [1.82, 2.24) is 5.32 Å². The summed E-state index contributed by atoms with van der Waals surface area (Å²) in [7, 11) is 0. The lowest BCUT2D eigenvalue weighted by Gasteiger charge is -2.46. The minimum Gasteiger partial charge on any atom is -0.394 e. The Morgan fingerprint density at radius 3 is 1.39 bits per heavy atom. The zero-order valence-corrected chi connectivity index (χ0v) is 38.2. The molecule has 0 aromatic heterocycles. The number of ether oxygens (including phenoxy) is 4. The molecule has 2 rings (SSSR count). The molecular weight excluding hydrogens is 787 g/mol. The zero-order chi connectivity index (χ0) is 44.7. The predicted octanol–water partition coefficient (Wildman–Crippen LogP) is 5.83. The fourth-order valence-electron chi connectivity index (χ4n) is 8.47. The van der Waals surface area contributed by atoms with Crippen LogP contribution in [0.3, 0.4) is 0 Å². The molecule has 0 radical (unpaired) electrons. The molecule has 12 atom stereocenters. The Kier molecular flexibility index (Phi) is 32.5. The van der Waals surface area contributed by atoms with Crippen molar-refractivity contribution < 1.29 is 64.6 Å². The number of aliphatic hydroxyl groups is 8. The van der Waals surface area contributed by atoms with Gasteiger partial charge in [0, 0.05) is 6.42 Å². The molecule has 0 bridgehead atoms.